The smallest absolute Gasteiger partial charge is 0.185 e. The van der Waals surface area contributed by atoms with Crippen molar-refractivity contribution in [3.63, 3.8) is 0 Å². The molecule has 1 saturated heterocycles. The maximum atomic E-state index is 4.83. The Morgan fingerprint density at radius 1 is 0.960 bits per heavy atom. The first-order valence-electron chi connectivity index (χ1n) is 8.59. The lowest BCUT2D eigenvalue weighted by molar-refractivity contribution is 0.588. The lowest BCUT2D eigenvalue weighted by atomic mass is 10.1. The van der Waals surface area contributed by atoms with Gasteiger partial charge in [0.15, 0.2) is 5.13 Å². The van der Waals surface area contributed by atoms with Crippen molar-refractivity contribution >= 4 is 28.2 Å². The number of nitrogens with one attached hydrogen (secondary N) is 1. The maximum Gasteiger partial charge on any atom is 0.185 e. The van der Waals surface area contributed by atoms with Crippen LogP contribution in [-0.4, -0.2) is 31.2 Å². The highest BCUT2D eigenvalue weighted by molar-refractivity contribution is 7.99. The Bertz CT molecular complexity index is 793. The highest BCUT2D eigenvalue weighted by Gasteiger charge is 2.14. The van der Waals surface area contributed by atoms with Crippen LogP contribution in [0.15, 0.2) is 69.8 Å². The average molecular weight is 368 g/mol. The summed E-state index contributed by atoms with van der Waals surface area (Å²) in [6, 6.07) is 19.3. The van der Waals surface area contributed by atoms with Gasteiger partial charge in [0.05, 0.1) is 5.69 Å². The molecule has 1 aliphatic heterocycles. The predicted molar refractivity (Wildman–Crippen MR) is 107 cm³/mol. The van der Waals surface area contributed by atoms with E-state index in [9.17, 15) is 0 Å². The number of hydrogen-bond donors (Lipinski definition) is 1. The molecule has 0 atom stereocenters. The van der Waals surface area contributed by atoms with Crippen LogP contribution in [0.3, 0.4) is 0 Å². The summed E-state index contributed by atoms with van der Waals surface area (Å²) in [5.74, 6) is 0. The van der Waals surface area contributed by atoms with Crippen molar-refractivity contribution in [2.24, 2.45) is 0 Å². The van der Waals surface area contributed by atoms with Crippen molar-refractivity contribution in [3.8, 4) is 0 Å². The number of thiazole rings is 1. The molecule has 4 rings (SSSR count). The number of hydrogen-bond acceptors (Lipinski definition) is 5. The molecule has 5 heteroatoms. The monoisotopic (exact) mass is 367 g/mol. The minimum absolute atomic E-state index is 0.902. The quantitative estimate of drug-likeness (QED) is 0.728. The number of benzene rings is 2. The van der Waals surface area contributed by atoms with E-state index in [2.05, 4.69) is 70.2 Å². The van der Waals surface area contributed by atoms with Crippen molar-refractivity contribution < 1.29 is 0 Å². The van der Waals surface area contributed by atoms with Crippen LogP contribution in [0.4, 0.5) is 5.13 Å². The Balaban J connectivity index is 1.38. The number of nitrogens with zero attached hydrogens (tertiary/aromatic N) is 2. The van der Waals surface area contributed by atoms with E-state index in [1.54, 1.807) is 23.1 Å². The van der Waals surface area contributed by atoms with E-state index < -0.39 is 0 Å². The molecule has 0 bridgehead atoms. The summed E-state index contributed by atoms with van der Waals surface area (Å²) < 4.78 is 0. The van der Waals surface area contributed by atoms with E-state index in [4.69, 9.17) is 4.98 Å². The fourth-order valence-electron chi connectivity index (χ4n) is 2.89. The van der Waals surface area contributed by atoms with Gasteiger partial charge in [-0.3, -0.25) is 0 Å². The van der Waals surface area contributed by atoms with Gasteiger partial charge in [-0.05, 0) is 29.8 Å². The molecular weight excluding hydrogens is 346 g/mol. The largest absolute Gasteiger partial charge is 0.346 e. The lowest BCUT2D eigenvalue weighted by Gasteiger charge is -2.26. The van der Waals surface area contributed by atoms with Crippen LogP contribution in [0.2, 0.25) is 0 Å². The molecule has 0 radical (unpaired) electrons. The first-order valence-corrected chi connectivity index (χ1v) is 10.3. The first kappa shape index (κ1) is 16.6. The molecular formula is C20H21N3S2. The van der Waals surface area contributed by atoms with Gasteiger partial charge in [-0.1, -0.05) is 42.1 Å². The van der Waals surface area contributed by atoms with E-state index in [-0.39, 0.29) is 0 Å². The highest BCUT2D eigenvalue weighted by atomic mass is 32.2. The summed E-state index contributed by atoms with van der Waals surface area (Å²) in [5.41, 5.74) is 2.48. The predicted octanol–water partition coefficient (Wildman–Crippen LogP) is 4.29. The molecule has 25 heavy (non-hydrogen) atoms. The van der Waals surface area contributed by atoms with Gasteiger partial charge in [-0.25, -0.2) is 4.98 Å². The first-order chi connectivity index (χ1) is 12.4. The van der Waals surface area contributed by atoms with Crippen LogP contribution in [0.1, 0.15) is 11.3 Å². The summed E-state index contributed by atoms with van der Waals surface area (Å²) in [6.07, 6.45) is 0.902. The van der Waals surface area contributed by atoms with Gasteiger partial charge in [-0.15, -0.1) is 11.3 Å². The molecule has 1 aliphatic rings. The van der Waals surface area contributed by atoms with Gasteiger partial charge < -0.3 is 10.2 Å². The zero-order valence-electron chi connectivity index (χ0n) is 14.0. The molecule has 2 aromatic carbocycles. The van der Waals surface area contributed by atoms with E-state index in [0.29, 0.717) is 0 Å². The zero-order chi connectivity index (χ0) is 16.9. The second kappa shape index (κ2) is 8.04. The van der Waals surface area contributed by atoms with Crippen molar-refractivity contribution in [1.29, 1.82) is 0 Å². The molecule has 0 aliphatic carbocycles. The third kappa shape index (κ3) is 4.42. The summed E-state index contributed by atoms with van der Waals surface area (Å²) >= 11 is 3.56. The molecule has 2 heterocycles. The molecule has 1 aromatic heterocycles. The lowest BCUT2D eigenvalue weighted by Crippen LogP contribution is -2.43. The molecule has 0 unspecified atom stereocenters. The zero-order valence-corrected chi connectivity index (χ0v) is 15.7. The summed E-state index contributed by atoms with van der Waals surface area (Å²) in [7, 11) is 0. The molecule has 128 valence electrons. The van der Waals surface area contributed by atoms with E-state index in [0.717, 1.165) is 37.7 Å². The van der Waals surface area contributed by atoms with Gasteiger partial charge in [0, 0.05) is 47.8 Å². The third-order valence-corrected chi connectivity index (χ3v) is 6.18. The Morgan fingerprint density at radius 3 is 2.44 bits per heavy atom. The fourth-order valence-corrected chi connectivity index (χ4v) is 4.60. The van der Waals surface area contributed by atoms with E-state index >= 15 is 0 Å². The van der Waals surface area contributed by atoms with Crippen LogP contribution in [0.5, 0.6) is 0 Å². The molecule has 0 amide bonds. The van der Waals surface area contributed by atoms with Crippen molar-refractivity contribution in [1.82, 2.24) is 10.3 Å². The van der Waals surface area contributed by atoms with Gasteiger partial charge >= 0.3 is 0 Å². The average Bonchev–Trinajstić information content (AvgIpc) is 3.14. The Kier molecular flexibility index (Phi) is 5.35. The SMILES string of the molecule is c1ccc(Sc2ccc(Cc3csc(N4CCNCC4)n3)cc2)cc1. The van der Waals surface area contributed by atoms with Crippen LogP contribution >= 0.6 is 23.1 Å². The Labute approximate surface area is 157 Å². The van der Waals surface area contributed by atoms with Gasteiger partial charge in [0.1, 0.15) is 0 Å². The second-order valence-corrected chi connectivity index (χ2v) is 8.08. The van der Waals surface area contributed by atoms with Crippen LogP contribution in [0, 0.1) is 0 Å². The van der Waals surface area contributed by atoms with Crippen molar-refractivity contribution in [3.05, 3.63) is 71.2 Å². The van der Waals surface area contributed by atoms with Crippen molar-refractivity contribution in [2.75, 3.05) is 31.1 Å². The molecule has 3 nitrogen and oxygen atoms in total. The normalized spacial score (nSPS) is 14.6. The molecule has 1 fully saturated rings. The maximum absolute atomic E-state index is 4.83. The Hall–Kier alpha value is -1.82. The highest BCUT2D eigenvalue weighted by Crippen LogP contribution is 2.28. The number of rotatable bonds is 5. The van der Waals surface area contributed by atoms with Crippen molar-refractivity contribution in [2.45, 2.75) is 16.2 Å². The van der Waals surface area contributed by atoms with Crippen LogP contribution < -0.4 is 10.2 Å². The standard InChI is InChI=1S/C20H21N3S2/c1-2-4-18(5-3-1)25-19-8-6-16(7-9-19)14-17-15-24-20(22-17)23-12-10-21-11-13-23/h1-9,15,21H,10-14H2. The molecule has 3 aromatic rings. The third-order valence-electron chi connectivity index (χ3n) is 4.21. The summed E-state index contributed by atoms with van der Waals surface area (Å²) in [6.45, 7) is 4.21. The second-order valence-electron chi connectivity index (χ2n) is 6.09. The van der Waals surface area contributed by atoms with Gasteiger partial charge in [0.2, 0.25) is 0 Å². The fraction of sp³-hybridized carbons (Fsp3) is 0.250. The van der Waals surface area contributed by atoms with Gasteiger partial charge in [-0.2, -0.15) is 0 Å². The Morgan fingerprint density at radius 2 is 1.68 bits per heavy atom. The molecule has 0 saturated carbocycles. The number of anilines is 1. The topological polar surface area (TPSA) is 28.2 Å². The molecule has 1 N–H and O–H groups in total. The minimum atomic E-state index is 0.902. The van der Waals surface area contributed by atoms with Crippen LogP contribution in [0.25, 0.3) is 0 Å². The minimum Gasteiger partial charge on any atom is -0.346 e. The number of aromatic nitrogens is 1. The molecule has 0 spiro atoms. The van der Waals surface area contributed by atoms with Gasteiger partial charge in [0.25, 0.3) is 0 Å². The van der Waals surface area contributed by atoms with E-state index in [1.165, 1.54) is 21.0 Å². The summed E-state index contributed by atoms with van der Waals surface area (Å²) in [4.78, 5) is 9.76. The number of piperazine rings is 1. The van der Waals surface area contributed by atoms with E-state index in [1.807, 2.05) is 0 Å². The summed E-state index contributed by atoms with van der Waals surface area (Å²) in [5, 5.41) is 6.75. The van der Waals surface area contributed by atoms with Crippen LogP contribution in [-0.2, 0) is 6.42 Å².